The van der Waals surface area contributed by atoms with E-state index in [0.717, 1.165) is 26.2 Å². The average Bonchev–Trinajstić information content (AvgIpc) is 3.17. The van der Waals surface area contributed by atoms with Gasteiger partial charge in [0.05, 0.1) is 19.2 Å². The van der Waals surface area contributed by atoms with Crippen LogP contribution in [-0.4, -0.2) is 68.1 Å². The highest BCUT2D eigenvalue weighted by Gasteiger charge is 2.38. The van der Waals surface area contributed by atoms with Crippen molar-refractivity contribution in [1.82, 2.24) is 26.4 Å². The SMILES string of the molecule is COC(=O)C1CC(F)CCC1NC(=O)C1CCC(N2CCNC2)NN1. The Hall–Kier alpha value is -1.29. The van der Waals surface area contributed by atoms with E-state index in [9.17, 15) is 14.0 Å². The number of methoxy groups -OCH3 is 1. The summed E-state index contributed by atoms with van der Waals surface area (Å²) in [7, 11) is 1.29. The van der Waals surface area contributed by atoms with Crippen LogP contribution in [0.25, 0.3) is 0 Å². The molecule has 3 fully saturated rings. The number of carbonyl (C=O) groups excluding carboxylic acids is 2. The zero-order valence-corrected chi connectivity index (χ0v) is 14.6. The number of esters is 1. The van der Waals surface area contributed by atoms with Gasteiger partial charge in [0.2, 0.25) is 5.91 Å². The van der Waals surface area contributed by atoms with Crippen molar-refractivity contribution in [2.45, 2.75) is 56.5 Å². The number of nitrogens with one attached hydrogen (secondary N) is 4. The summed E-state index contributed by atoms with van der Waals surface area (Å²) in [4.78, 5) is 26.7. The Bertz CT molecular complexity index is 480. The third-order valence-corrected chi connectivity index (χ3v) is 5.42. The molecule has 0 bridgehead atoms. The van der Waals surface area contributed by atoms with E-state index in [-0.39, 0.29) is 30.6 Å². The molecule has 3 aliphatic rings. The number of halogens is 1. The normalized spacial score (nSPS) is 36.8. The molecular formula is C16H28FN5O3. The van der Waals surface area contributed by atoms with Gasteiger partial charge in [0.15, 0.2) is 0 Å². The van der Waals surface area contributed by atoms with Crippen LogP contribution in [0.15, 0.2) is 0 Å². The Balaban J connectivity index is 1.50. The summed E-state index contributed by atoms with van der Waals surface area (Å²) in [5.41, 5.74) is 6.29. The number of amides is 1. The smallest absolute Gasteiger partial charge is 0.310 e. The molecule has 0 spiro atoms. The molecular weight excluding hydrogens is 329 g/mol. The summed E-state index contributed by atoms with van der Waals surface area (Å²) in [5, 5.41) is 6.21. The van der Waals surface area contributed by atoms with Crippen molar-refractivity contribution in [2.75, 3.05) is 26.9 Å². The predicted octanol–water partition coefficient (Wildman–Crippen LogP) is -0.772. The Morgan fingerprint density at radius 2 is 2.04 bits per heavy atom. The van der Waals surface area contributed by atoms with Gasteiger partial charge in [-0.15, -0.1) is 0 Å². The summed E-state index contributed by atoms with van der Waals surface area (Å²) < 4.78 is 18.4. The lowest BCUT2D eigenvalue weighted by atomic mass is 9.83. The highest BCUT2D eigenvalue weighted by molar-refractivity contribution is 5.83. The van der Waals surface area contributed by atoms with E-state index in [1.165, 1.54) is 7.11 Å². The predicted molar refractivity (Wildman–Crippen MR) is 88.8 cm³/mol. The van der Waals surface area contributed by atoms with Crippen molar-refractivity contribution < 1.29 is 18.7 Å². The van der Waals surface area contributed by atoms with Crippen LogP contribution in [0.5, 0.6) is 0 Å². The second-order valence-electron chi connectivity index (χ2n) is 7.06. The Morgan fingerprint density at radius 1 is 1.20 bits per heavy atom. The number of hydrazine groups is 1. The van der Waals surface area contributed by atoms with Crippen molar-refractivity contribution in [1.29, 1.82) is 0 Å². The van der Waals surface area contributed by atoms with Crippen molar-refractivity contribution in [3.8, 4) is 0 Å². The van der Waals surface area contributed by atoms with Gasteiger partial charge in [0.25, 0.3) is 0 Å². The Morgan fingerprint density at radius 3 is 2.68 bits per heavy atom. The number of rotatable bonds is 4. The van der Waals surface area contributed by atoms with Gasteiger partial charge < -0.3 is 15.4 Å². The van der Waals surface area contributed by atoms with Crippen LogP contribution < -0.4 is 21.5 Å². The summed E-state index contributed by atoms with van der Waals surface area (Å²) in [6.07, 6.45) is 1.70. The zero-order valence-electron chi connectivity index (χ0n) is 14.6. The molecule has 2 aliphatic heterocycles. The van der Waals surface area contributed by atoms with E-state index in [1.54, 1.807) is 0 Å². The topological polar surface area (TPSA) is 94.7 Å². The fraction of sp³-hybridized carbons (Fsp3) is 0.875. The van der Waals surface area contributed by atoms with Gasteiger partial charge in [-0.3, -0.25) is 14.5 Å². The van der Waals surface area contributed by atoms with Crippen molar-refractivity contribution in [3.63, 3.8) is 0 Å². The number of carbonyl (C=O) groups is 2. The molecule has 9 heteroatoms. The monoisotopic (exact) mass is 357 g/mol. The standard InChI is InChI=1S/C16H28FN5O3/c1-25-16(24)11-8-10(17)2-3-12(11)19-15(23)13-4-5-14(21-20-13)22-7-6-18-9-22/h10-14,18,20-21H,2-9H2,1H3,(H,19,23). The minimum atomic E-state index is -1.01. The molecule has 3 rings (SSSR count). The lowest BCUT2D eigenvalue weighted by Crippen LogP contribution is -2.62. The van der Waals surface area contributed by atoms with Gasteiger partial charge >= 0.3 is 5.97 Å². The molecule has 142 valence electrons. The fourth-order valence-electron chi connectivity index (χ4n) is 3.91. The number of alkyl halides is 1. The minimum Gasteiger partial charge on any atom is -0.469 e. The molecule has 1 aliphatic carbocycles. The van der Waals surface area contributed by atoms with Gasteiger partial charge in [-0.05, 0) is 32.1 Å². The molecule has 5 atom stereocenters. The molecule has 2 saturated heterocycles. The van der Waals surface area contributed by atoms with Gasteiger partial charge in [0.1, 0.15) is 12.2 Å². The van der Waals surface area contributed by atoms with Crippen LogP contribution in [0.1, 0.15) is 32.1 Å². The van der Waals surface area contributed by atoms with Crippen LogP contribution in [0.4, 0.5) is 4.39 Å². The molecule has 8 nitrogen and oxygen atoms in total. The maximum absolute atomic E-state index is 13.6. The lowest BCUT2D eigenvalue weighted by Gasteiger charge is -2.37. The number of hydrogen-bond donors (Lipinski definition) is 4. The van der Waals surface area contributed by atoms with Crippen LogP contribution >= 0.6 is 0 Å². The van der Waals surface area contributed by atoms with E-state index in [2.05, 4.69) is 26.4 Å². The first kappa shape index (κ1) is 18.5. The second kappa shape index (κ2) is 8.39. The van der Waals surface area contributed by atoms with Gasteiger partial charge in [0, 0.05) is 25.8 Å². The summed E-state index contributed by atoms with van der Waals surface area (Å²) >= 11 is 0. The average molecular weight is 357 g/mol. The van der Waals surface area contributed by atoms with Crippen LogP contribution in [-0.2, 0) is 14.3 Å². The molecule has 0 aromatic heterocycles. The minimum absolute atomic E-state index is 0.109. The first-order valence-electron chi connectivity index (χ1n) is 9.06. The highest BCUT2D eigenvalue weighted by Crippen LogP contribution is 2.28. The maximum atomic E-state index is 13.6. The van der Waals surface area contributed by atoms with Gasteiger partial charge in [-0.1, -0.05) is 0 Å². The molecule has 1 saturated carbocycles. The molecule has 0 radical (unpaired) electrons. The van der Waals surface area contributed by atoms with E-state index < -0.39 is 18.1 Å². The van der Waals surface area contributed by atoms with Crippen LogP contribution in [0, 0.1) is 5.92 Å². The first-order chi connectivity index (χ1) is 12.1. The van der Waals surface area contributed by atoms with E-state index >= 15 is 0 Å². The quantitative estimate of drug-likeness (QED) is 0.491. The van der Waals surface area contributed by atoms with Crippen LogP contribution in [0.3, 0.4) is 0 Å². The molecule has 0 aromatic carbocycles. The number of nitrogens with zero attached hydrogens (tertiary/aromatic N) is 1. The lowest BCUT2D eigenvalue weighted by molar-refractivity contribution is -0.148. The van der Waals surface area contributed by atoms with Crippen LogP contribution in [0.2, 0.25) is 0 Å². The molecule has 25 heavy (non-hydrogen) atoms. The molecule has 5 unspecified atom stereocenters. The molecule has 4 N–H and O–H groups in total. The Kier molecular flexibility index (Phi) is 6.21. The Labute approximate surface area is 147 Å². The summed E-state index contributed by atoms with van der Waals surface area (Å²) in [5.74, 6) is -1.22. The number of hydrogen-bond acceptors (Lipinski definition) is 7. The summed E-state index contributed by atoms with van der Waals surface area (Å²) in [6, 6.07) is -0.720. The molecule has 1 amide bonds. The molecule has 0 aromatic rings. The summed E-state index contributed by atoms with van der Waals surface area (Å²) in [6.45, 7) is 2.82. The first-order valence-corrected chi connectivity index (χ1v) is 9.06. The number of ether oxygens (including phenoxy) is 1. The second-order valence-corrected chi connectivity index (χ2v) is 7.06. The van der Waals surface area contributed by atoms with E-state index in [1.807, 2.05) is 0 Å². The van der Waals surface area contributed by atoms with Gasteiger partial charge in [-0.25, -0.2) is 15.2 Å². The molecule has 2 heterocycles. The fourth-order valence-corrected chi connectivity index (χ4v) is 3.91. The van der Waals surface area contributed by atoms with Crippen molar-refractivity contribution in [3.05, 3.63) is 0 Å². The third-order valence-electron chi connectivity index (χ3n) is 5.42. The largest absolute Gasteiger partial charge is 0.469 e. The van der Waals surface area contributed by atoms with Crippen molar-refractivity contribution in [2.24, 2.45) is 5.92 Å². The maximum Gasteiger partial charge on any atom is 0.310 e. The van der Waals surface area contributed by atoms with Gasteiger partial charge in [-0.2, -0.15) is 0 Å². The van der Waals surface area contributed by atoms with E-state index in [0.29, 0.717) is 19.3 Å². The van der Waals surface area contributed by atoms with Crippen molar-refractivity contribution >= 4 is 11.9 Å². The highest BCUT2D eigenvalue weighted by atomic mass is 19.1. The zero-order chi connectivity index (χ0) is 17.8. The third kappa shape index (κ3) is 4.46. The van der Waals surface area contributed by atoms with E-state index in [4.69, 9.17) is 4.74 Å².